The molecule has 0 unspecified atom stereocenters. The van der Waals surface area contributed by atoms with Crippen molar-refractivity contribution in [3.8, 4) is 0 Å². The minimum atomic E-state index is -0.0529. The van der Waals surface area contributed by atoms with E-state index in [2.05, 4.69) is 22.9 Å². The van der Waals surface area contributed by atoms with Gasteiger partial charge in [0.25, 0.3) is 0 Å². The highest BCUT2D eigenvalue weighted by Gasteiger charge is 2.27. The fourth-order valence-corrected chi connectivity index (χ4v) is 1.44. The zero-order chi connectivity index (χ0) is 7.56. The van der Waals surface area contributed by atoms with Crippen LogP contribution in [-0.4, -0.2) is 16.9 Å². The van der Waals surface area contributed by atoms with Crippen LogP contribution in [0.5, 0.6) is 0 Å². The predicted molar refractivity (Wildman–Crippen MR) is 42.1 cm³/mol. The lowest BCUT2D eigenvalue weighted by Crippen LogP contribution is -2.18. The van der Waals surface area contributed by atoms with Crippen molar-refractivity contribution in [2.45, 2.75) is 37.1 Å². The van der Waals surface area contributed by atoms with E-state index in [-0.39, 0.29) is 12.1 Å². The molecule has 58 valence electrons. The quantitative estimate of drug-likeness (QED) is 0.510. The first kappa shape index (κ1) is 8.05. The molecule has 1 rings (SSSR count). The van der Waals surface area contributed by atoms with Gasteiger partial charge in [0, 0.05) is 6.42 Å². The van der Waals surface area contributed by atoms with Crippen LogP contribution in [0.4, 0.5) is 0 Å². The van der Waals surface area contributed by atoms with Crippen molar-refractivity contribution >= 4 is 21.9 Å². The highest BCUT2D eigenvalue weighted by Crippen LogP contribution is 2.23. The monoisotopic (exact) mass is 206 g/mol. The summed E-state index contributed by atoms with van der Waals surface area (Å²) in [6.45, 7) is 2.07. The van der Waals surface area contributed by atoms with Crippen LogP contribution in [0.15, 0.2) is 0 Å². The predicted octanol–water partition coefficient (Wildman–Crippen LogP) is 1.87. The molecule has 3 heteroatoms. The Morgan fingerprint density at radius 1 is 1.90 bits per heavy atom. The van der Waals surface area contributed by atoms with E-state index in [4.69, 9.17) is 4.74 Å². The molecule has 2 atom stereocenters. The maximum Gasteiger partial charge on any atom is 0.306 e. The summed E-state index contributed by atoms with van der Waals surface area (Å²) < 4.78 is 5.03. The number of hydrogen-bond acceptors (Lipinski definition) is 2. The molecule has 1 aliphatic heterocycles. The molecule has 1 heterocycles. The van der Waals surface area contributed by atoms with Gasteiger partial charge in [0.2, 0.25) is 0 Å². The Hall–Kier alpha value is -0.0500. The van der Waals surface area contributed by atoms with Gasteiger partial charge in [-0.25, -0.2) is 0 Å². The van der Waals surface area contributed by atoms with Gasteiger partial charge in [-0.2, -0.15) is 0 Å². The Kier molecular flexibility index (Phi) is 2.72. The number of esters is 1. The average Bonchev–Trinajstić information content (AvgIpc) is 2.34. The molecule has 0 bridgehead atoms. The van der Waals surface area contributed by atoms with Crippen molar-refractivity contribution in [3.63, 3.8) is 0 Å². The summed E-state index contributed by atoms with van der Waals surface area (Å²) in [5.74, 6) is -0.0529. The van der Waals surface area contributed by atoms with Gasteiger partial charge in [0.15, 0.2) is 0 Å². The van der Waals surface area contributed by atoms with E-state index in [1.54, 1.807) is 0 Å². The van der Waals surface area contributed by atoms with Crippen LogP contribution < -0.4 is 0 Å². The van der Waals surface area contributed by atoms with Gasteiger partial charge in [-0.05, 0) is 12.8 Å². The number of halogens is 1. The molecule has 0 N–H and O–H groups in total. The molecular weight excluding hydrogens is 196 g/mol. The smallest absolute Gasteiger partial charge is 0.306 e. The lowest BCUT2D eigenvalue weighted by Gasteiger charge is -2.13. The lowest BCUT2D eigenvalue weighted by atomic mass is 10.1. The standard InChI is InChI=1S/C7H11BrO2/c1-2-5(8)6-3-4-7(9)10-6/h5-6H,2-4H2,1H3/t5-,6-/m0/s1. The van der Waals surface area contributed by atoms with E-state index in [0.717, 1.165) is 12.8 Å². The number of cyclic esters (lactones) is 1. The minimum absolute atomic E-state index is 0.0529. The molecular formula is C7H11BrO2. The van der Waals surface area contributed by atoms with E-state index in [9.17, 15) is 4.79 Å². The molecule has 2 nitrogen and oxygen atoms in total. The first-order valence-electron chi connectivity index (χ1n) is 3.57. The van der Waals surface area contributed by atoms with Gasteiger partial charge >= 0.3 is 5.97 Å². The third-order valence-electron chi connectivity index (χ3n) is 1.71. The zero-order valence-electron chi connectivity index (χ0n) is 5.97. The maximum absolute atomic E-state index is 10.6. The summed E-state index contributed by atoms with van der Waals surface area (Å²) in [4.78, 5) is 11.0. The van der Waals surface area contributed by atoms with E-state index in [1.165, 1.54) is 0 Å². The molecule has 0 saturated carbocycles. The van der Waals surface area contributed by atoms with Crippen LogP contribution >= 0.6 is 15.9 Å². The van der Waals surface area contributed by atoms with Crippen LogP contribution in [0.25, 0.3) is 0 Å². The number of carbonyl (C=O) groups excluding carboxylic acids is 1. The Balaban J connectivity index is 2.36. The molecule has 0 aromatic heterocycles. The summed E-state index contributed by atoms with van der Waals surface area (Å²) in [6, 6.07) is 0. The average molecular weight is 207 g/mol. The van der Waals surface area contributed by atoms with Crippen molar-refractivity contribution in [3.05, 3.63) is 0 Å². The van der Waals surface area contributed by atoms with Gasteiger partial charge in [-0.3, -0.25) is 4.79 Å². The number of alkyl halides is 1. The van der Waals surface area contributed by atoms with Crippen LogP contribution in [0.1, 0.15) is 26.2 Å². The number of hydrogen-bond donors (Lipinski definition) is 0. The molecule has 0 aromatic carbocycles. The maximum atomic E-state index is 10.6. The summed E-state index contributed by atoms with van der Waals surface area (Å²) in [6.07, 6.45) is 2.60. The molecule has 1 saturated heterocycles. The van der Waals surface area contributed by atoms with Crippen LogP contribution in [0, 0.1) is 0 Å². The Morgan fingerprint density at radius 3 is 3.00 bits per heavy atom. The Morgan fingerprint density at radius 2 is 2.60 bits per heavy atom. The lowest BCUT2D eigenvalue weighted by molar-refractivity contribution is -0.141. The van der Waals surface area contributed by atoms with E-state index >= 15 is 0 Å². The van der Waals surface area contributed by atoms with Crippen molar-refractivity contribution in [2.75, 3.05) is 0 Å². The molecule has 0 aromatic rings. The number of ether oxygens (including phenoxy) is 1. The minimum Gasteiger partial charge on any atom is -0.461 e. The van der Waals surface area contributed by atoms with Gasteiger partial charge in [0.05, 0.1) is 4.83 Å². The van der Waals surface area contributed by atoms with E-state index in [0.29, 0.717) is 11.2 Å². The third kappa shape index (κ3) is 1.72. The largest absolute Gasteiger partial charge is 0.461 e. The normalized spacial score (nSPS) is 28.2. The fraction of sp³-hybridized carbons (Fsp3) is 0.857. The number of rotatable bonds is 2. The molecule has 1 aliphatic rings. The first-order chi connectivity index (χ1) is 4.74. The third-order valence-corrected chi connectivity index (χ3v) is 2.95. The Bertz CT molecular complexity index is 136. The van der Waals surface area contributed by atoms with Gasteiger partial charge in [-0.15, -0.1) is 0 Å². The molecule has 10 heavy (non-hydrogen) atoms. The summed E-state index contributed by atoms with van der Waals surface area (Å²) in [7, 11) is 0. The highest BCUT2D eigenvalue weighted by atomic mass is 79.9. The van der Waals surface area contributed by atoms with Gasteiger partial charge < -0.3 is 4.74 Å². The number of carbonyl (C=O) groups is 1. The van der Waals surface area contributed by atoms with Gasteiger partial charge in [-0.1, -0.05) is 22.9 Å². The van der Waals surface area contributed by atoms with Crippen LogP contribution in [-0.2, 0) is 9.53 Å². The topological polar surface area (TPSA) is 26.3 Å². The van der Waals surface area contributed by atoms with Crippen molar-refractivity contribution in [2.24, 2.45) is 0 Å². The SMILES string of the molecule is CC[C@H](Br)[C@@H]1CCC(=O)O1. The fourth-order valence-electron chi connectivity index (χ4n) is 1.06. The highest BCUT2D eigenvalue weighted by molar-refractivity contribution is 9.09. The molecule has 1 fully saturated rings. The van der Waals surface area contributed by atoms with Crippen molar-refractivity contribution in [1.29, 1.82) is 0 Å². The van der Waals surface area contributed by atoms with E-state index in [1.807, 2.05) is 0 Å². The van der Waals surface area contributed by atoms with E-state index < -0.39 is 0 Å². The molecule has 0 spiro atoms. The first-order valence-corrected chi connectivity index (χ1v) is 4.49. The summed E-state index contributed by atoms with van der Waals surface area (Å²) in [5, 5.41) is 0. The Labute approximate surface area is 69.1 Å². The summed E-state index contributed by atoms with van der Waals surface area (Å²) in [5.41, 5.74) is 0. The molecule has 0 aliphatic carbocycles. The molecule has 0 radical (unpaired) electrons. The van der Waals surface area contributed by atoms with Crippen LogP contribution in [0.3, 0.4) is 0 Å². The second-order valence-electron chi connectivity index (χ2n) is 2.49. The van der Waals surface area contributed by atoms with Gasteiger partial charge in [0.1, 0.15) is 6.10 Å². The second kappa shape index (κ2) is 3.37. The summed E-state index contributed by atoms with van der Waals surface area (Å²) >= 11 is 3.45. The second-order valence-corrected chi connectivity index (χ2v) is 3.67. The van der Waals surface area contributed by atoms with Crippen molar-refractivity contribution < 1.29 is 9.53 Å². The molecule has 0 amide bonds. The van der Waals surface area contributed by atoms with Crippen molar-refractivity contribution in [1.82, 2.24) is 0 Å². The van der Waals surface area contributed by atoms with Crippen LogP contribution in [0.2, 0.25) is 0 Å². The zero-order valence-corrected chi connectivity index (χ0v) is 7.56.